The molecule has 2 rings (SSSR count). The number of oxazole rings is 1. The van der Waals surface area contributed by atoms with Crippen molar-refractivity contribution in [2.45, 2.75) is 46.1 Å². The van der Waals surface area contributed by atoms with Gasteiger partial charge in [0.1, 0.15) is 0 Å². The number of rotatable bonds is 3. The fraction of sp³-hybridized carbons (Fsp3) is 0.583. The monoisotopic (exact) mass is 235 g/mol. The van der Waals surface area contributed by atoms with Crippen LogP contribution in [0.15, 0.2) is 15.4 Å². The standard InChI is InChI=1S/C12H17N3O2/c1-5-8(4)15-10-11(17-12(15)16)13-6-9(14-10)7(2)3/h6-8H,5H2,1-4H3. The SMILES string of the molecule is CCC(C)n1c(=O)oc2ncc(C(C)C)nc21. The molecule has 2 heterocycles. The van der Waals surface area contributed by atoms with Crippen molar-refractivity contribution in [3.63, 3.8) is 0 Å². The summed E-state index contributed by atoms with van der Waals surface area (Å²) in [5.41, 5.74) is 1.74. The van der Waals surface area contributed by atoms with Gasteiger partial charge in [0.25, 0.3) is 5.71 Å². The summed E-state index contributed by atoms with van der Waals surface area (Å²) in [6.07, 6.45) is 2.51. The van der Waals surface area contributed by atoms with Crippen LogP contribution >= 0.6 is 0 Å². The summed E-state index contributed by atoms with van der Waals surface area (Å²) in [5.74, 6) is -0.0995. The molecule has 0 aliphatic carbocycles. The lowest BCUT2D eigenvalue weighted by molar-refractivity contribution is 0.449. The van der Waals surface area contributed by atoms with E-state index in [9.17, 15) is 4.79 Å². The predicted molar refractivity (Wildman–Crippen MR) is 65.2 cm³/mol. The highest BCUT2D eigenvalue weighted by Crippen LogP contribution is 2.18. The van der Waals surface area contributed by atoms with Crippen molar-refractivity contribution < 1.29 is 4.42 Å². The fourth-order valence-corrected chi connectivity index (χ4v) is 1.68. The maximum absolute atomic E-state index is 11.7. The zero-order valence-corrected chi connectivity index (χ0v) is 10.6. The lowest BCUT2D eigenvalue weighted by Crippen LogP contribution is -2.18. The summed E-state index contributed by atoms with van der Waals surface area (Å²) in [6.45, 7) is 8.08. The highest BCUT2D eigenvalue weighted by molar-refractivity contribution is 5.62. The van der Waals surface area contributed by atoms with E-state index in [0.717, 1.165) is 12.1 Å². The first-order valence-electron chi connectivity index (χ1n) is 5.92. The lowest BCUT2D eigenvalue weighted by atomic mass is 10.1. The summed E-state index contributed by atoms with van der Waals surface area (Å²) in [5, 5.41) is 0. The van der Waals surface area contributed by atoms with Crippen LogP contribution in [0, 0.1) is 0 Å². The van der Waals surface area contributed by atoms with E-state index < -0.39 is 0 Å². The highest BCUT2D eigenvalue weighted by atomic mass is 16.4. The largest absolute Gasteiger partial charge is 0.422 e. The van der Waals surface area contributed by atoms with Crippen LogP contribution in [0.3, 0.4) is 0 Å². The van der Waals surface area contributed by atoms with Crippen molar-refractivity contribution in [3.8, 4) is 0 Å². The molecular weight excluding hydrogens is 218 g/mol. The quantitative estimate of drug-likeness (QED) is 0.820. The van der Waals surface area contributed by atoms with Crippen LogP contribution in [0.5, 0.6) is 0 Å². The molecule has 92 valence electrons. The Labute approximate surface area is 99.5 Å². The van der Waals surface area contributed by atoms with Gasteiger partial charge < -0.3 is 4.42 Å². The summed E-state index contributed by atoms with van der Waals surface area (Å²) < 4.78 is 6.67. The van der Waals surface area contributed by atoms with Gasteiger partial charge in [0.05, 0.1) is 11.9 Å². The highest BCUT2D eigenvalue weighted by Gasteiger charge is 2.17. The summed E-state index contributed by atoms with van der Waals surface area (Å²) >= 11 is 0. The van der Waals surface area contributed by atoms with Crippen LogP contribution in [0.4, 0.5) is 0 Å². The van der Waals surface area contributed by atoms with Gasteiger partial charge in [-0.1, -0.05) is 20.8 Å². The van der Waals surface area contributed by atoms with E-state index in [-0.39, 0.29) is 17.7 Å². The average Bonchev–Trinajstić information content (AvgIpc) is 2.62. The molecular formula is C12H17N3O2. The molecule has 0 fully saturated rings. The zero-order chi connectivity index (χ0) is 12.6. The molecule has 1 unspecified atom stereocenters. The van der Waals surface area contributed by atoms with Crippen LogP contribution in [0.25, 0.3) is 11.4 Å². The molecule has 5 heteroatoms. The normalized spacial score (nSPS) is 13.5. The molecule has 0 saturated carbocycles. The lowest BCUT2D eigenvalue weighted by Gasteiger charge is -2.09. The van der Waals surface area contributed by atoms with Gasteiger partial charge in [0.2, 0.25) is 5.65 Å². The maximum Gasteiger partial charge on any atom is 0.422 e. The van der Waals surface area contributed by atoms with Crippen molar-refractivity contribution in [2.75, 3.05) is 0 Å². The van der Waals surface area contributed by atoms with Gasteiger partial charge in [-0.2, -0.15) is 0 Å². The Balaban J connectivity index is 2.69. The first-order chi connectivity index (χ1) is 8.04. The molecule has 0 amide bonds. The molecule has 0 aliphatic rings. The van der Waals surface area contributed by atoms with E-state index in [1.165, 1.54) is 0 Å². The Morgan fingerprint density at radius 3 is 2.71 bits per heavy atom. The first kappa shape index (κ1) is 11.8. The molecule has 0 bridgehead atoms. The molecule has 0 N–H and O–H groups in total. The molecule has 2 aromatic heterocycles. The van der Waals surface area contributed by atoms with Gasteiger partial charge >= 0.3 is 5.76 Å². The smallest absolute Gasteiger partial charge is 0.387 e. The van der Waals surface area contributed by atoms with Crippen molar-refractivity contribution in [2.24, 2.45) is 0 Å². The van der Waals surface area contributed by atoms with Crippen molar-refractivity contribution >= 4 is 11.4 Å². The maximum atomic E-state index is 11.7. The molecule has 0 aromatic carbocycles. The van der Waals surface area contributed by atoms with E-state index in [4.69, 9.17) is 4.42 Å². The second kappa shape index (κ2) is 4.31. The predicted octanol–water partition coefficient (Wildman–Crippen LogP) is 2.48. The van der Waals surface area contributed by atoms with Gasteiger partial charge in [0.15, 0.2) is 0 Å². The Morgan fingerprint density at radius 2 is 2.12 bits per heavy atom. The minimum Gasteiger partial charge on any atom is -0.387 e. The molecule has 17 heavy (non-hydrogen) atoms. The summed E-state index contributed by atoms with van der Waals surface area (Å²) in [7, 11) is 0. The van der Waals surface area contributed by atoms with Crippen LogP contribution in [0.2, 0.25) is 0 Å². The van der Waals surface area contributed by atoms with E-state index in [1.807, 2.05) is 27.7 Å². The number of fused-ring (bicyclic) bond motifs is 1. The number of hydrogen-bond donors (Lipinski definition) is 0. The van der Waals surface area contributed by atoms with Gasteiger partial charge in [-0.3, -0.25) is 4.57 Å². The molecule has 1 atom stereocenters. The first-order valence-corrected chi connectivity index (χ1v) is 5.92. The number of aromatic nitrogens is 3. The van der Waals surface area contributed by atoms with Crippen molar-refractivity contribution in [3.05, 3.63) is 22.4 Å². The van der Waals surface area contributed by atoms with E-state index in [0.29, 0.717) is 11.4 Å². The fourth-order valence-electron chi connectivity index (χ4n) is 1.68. The molecule has 2 aromatic rings. The van der Waals surface area contributed by atoms with E-state index in [1.54, 1.807) is 10.8 Å². The number of hydrogen-bond acceptors (Lipinski definition) is 4. The Hall–Kier alpha value is -1.65. The molecule has 0 spiro atoms. The van der Waals surface area contributed by atoms with Gasteiger partial charge in [-0.05, 0) is 19.3 Å². The minimum absolute atomic E-state index is 0.0699. The Kier molecular flexibility index (Phi) is 3.00. The van der Waals surface area contributed by atoms with Crippen LogP contribution in [-0.4, -0.2) is 14.5 Å². The third-order valence-electron chi connectivity index (χ3n) is 2.97. The van der Waals surface area contributed by atoms with Crippen LogP contribution in [0.1, 0.15) is 51.8 Å². The molecule has 0 radical (unpaired) electrons. The zero-order valence-electron chi connectivity index (χ0n) is 10.6. The average molecular weight is 235 g/mol. The van der Waals surface area contributed by atoms with Gasteiger partial charge in [-0.25, -0.2) is 14.8 Å². The van der Waals surface area contributed by atoms with Gasteiger partial charge in [0, 0.05) is 6.04 Å². The van der Waals surface area contributed by atoms with Crippen molar-refractivity contribution in [1.82, 2.24) is 14.5 Å². The Bertz CT molecular complexity index is 583. The molecule has 5 nitrogen and oxygen atoms in total. The Morgan fingerprint density at radius 1 is 1.41 bits per heavy atom. The van der Waals surface area contributed by atoms with Crippen molar-refractivity contribution in [1.29, 1.82) is 0 Å². The summed E-state index contributed by atoms with van der Waals surface area (Å²) in [4.78, 5) is 20.4. The van der Waals surface area contributed by atoms with E-state index in [2.05, 4.69) is 9.97 Å². The second-order valence-electron chi connectivity index (χ2n) is 4.57. The topological polar surface area (TPSA) is 60.9 Å². The van der Waals surface area contributed by atoms with Crippen LogP contribution in [-0.2, 0) is 0 Å². The van der Waals surface area contributed by atoms with Crippen LogP contribution < -0.4 is 5.76 Å². The van der Waals surface area contributed by atoms with Gasteiger partial charge in [-0.15, -0.1) is 0 Å². The molecule has 0 saturated heterocycles. The minimum atomic E-state index is -0.379. The third kappa shape index (κ3) is 1.97. The second-order valence-corrected chi connectivity index (χ2v) is 4.57. The number of nitrogens with zero attached hydrogens (tertiary/aromatic N) is 3. The third-order valence-corrected chi connectivity index (χ3v) is 2.97. The van der Waals surface area contributed by atoms with E-state index >= 15 is 0 Å². The molecule has 0 aliphatic heterocycles. The summed E-state index contributed by atoms with van der Waals surface area (Å²) in [6, 6.07) is 0.0699.